The van der Waals surface area contributed by atoms with Crippen molar-refractivity contribution in [3.63, 3.8) is 0 Å². The summed E-state index contributed by atoms with van der Waals surface area (Å²) in [6.07, 6.45) is 4.35. The molecule has 1 aliphatic heterocycles. The average Bonchev–Trinajstić information content (AvgIpc) is 2.66. The number of benzene rings is 2. The summed E-state index contributed by atoms with van der Waals surface area (Å²) < 4.78 is 0. The molecule has 30 heavy (non-hydrogen) atoms. The van der Waals surface area contributed by atoms with Gasteiger partial charge in [0.1, 0.15) is 0 Å². The van der Waals surface area contributed by atoms with Crippen LogP contribution in [0.4, 0.5) is 11.4 Å². The van der Waals surface area contributed by atoms with Crippen molar-refractivity contribution in [2.24, 2.45) is 0 Å². The van der Waals surface area contributed by atoms with Gasteiger partial charge in [0, 0.05) is 34.1 Å². The Balaban J connectivity index is 0.00000320. The van der Waals surface area contributed by atoms with Gasteiger partial charge < -0.3 is 20.5 Å². The fraction of sp³-hybridized carbons (Fsp3) is 0.0952. The number of nitriles is 1. The molecule has 1 unspecified atom stereocenters. The van der Waals surface area contributed by atoms with Gasteiger partial charge in [-0.25, -0.2) is 0 Å². The molecule has 0 saturated carbocycles. The van der Waals surface area contributed by atoms with E-state index in [2.05, 4.69) is 10.6 Å². The summed E-state index contributed by atoms with van der Waals surface area (Å²) in [5, 5.41) is 26.1. The second-order valence-corrected chi connectivity index (χ2v) is 7.12. The molecule has 2 aromatic rings. The van der Waals surface area contributed by atoms with Gasteiger partial charge in [0.2, 0.25) is 5.91 Å². The predicted octanol–water partition coefficient (Wildman–Crippen LogP) is 0.490. The smallest absolute Gasteiger partial charge is 0.548 e. The van der Waals surface area contributed by atoms with Crippen LogP contribution in [-0.2, 0) is 9.59 Å². The van der Waals surface area contributed by atoms with Crippen LogP contribution in [0, 0.1) is 11.3 Å². The van der Waals surface area contributed by atoms with Gasteiger partial charge in [0.05, 0.1) is 23.1 Å². The average molecular weight is 450 g/mol. The van der Waals surface area contributed by atoms with E-state index in [-0.39, 0.29) is 36.0 Å². The van der Waals surface area contributed by atoms with Gasteiger partial charge >= 0.3 is 29.6 Å². The molecule has 1 amide bonds. The second-order valence-electron chi connectivity index (χ2n) is 6.27. The normalized spacial score (nSPS) is 16.2. The first-order valence-electron chi connectivity index (χ1n) is 8.52. The number of hydrogen-bond donors (Lipinski definition) is 2. The van der Waals surface area contributed by atoms with Crippen molar-refractivity contribution in [2.75, 3.05) is 10.6 Å². The van der Waals surface area contributed by atoms with E-state index in [9.17, 15) is 14.7 Å². The number of carbonyl (C=O) groups excluding carboxylic acids is 2. The standard InChI is InChI=1S/C21H15Cl2N3O3.Na/c22-14-10-16(23)20-13(8-18(21(28)29)26-17(20)11-14)9-19(27)25-15-5-3-12(4-6-15)2-1-7-24;/h1-6,9-11,18,26H,8H2,(H,25,27)(H,28,29);/q;+1/p-1/b2-1+,13-9+;. The van der Waals surface area contributed by atoms with E-state index in [0.29, 0.717) is 32.6 Å². The van der Waals surface area contributed by atoms with Gasteiger partial charge in [-0.2, -0.15) is 5.26 Å². The van der Waals surface area contributed by atoms with Gasteiger partial charge in [-0.05, 0) is 47.9 Å². The molecule has 0 bridgehead atoms. The summed E-state index contributed by atoms with van der Waals surface area (Å²) in [4.78, 5) is 23.9. The molecule has 2 aromatic carbocycles. The van der Waals surface area contributed by atoms with E-state index in [1.165, 1.54) is 18.2 Å². The summed E-state index contributed by atoms with van der Waals surface area (Å²) in [6.45, 7) is 0. The van der Waals surface area contributed by atoms with Crippen molar-refractivity contribution in [1.29, 1.82) is 5.26 Å². The number of rotatable bonds is 4. The molecule has 0 aliphatic carbocycles. The summed E-state index contributed by atoms with van der Waals surface area (Å²) >= 11 is 12.3. The topological polar surface area (TPSA) is 105 Å². The van der Waals surface area contributed by atoms with Crippen molar-refractivity contribution in [3.8, 4) is 6.07 Å². The van der Waals surface area contributed by atoms with Crippen LogP contribution in [-0.4, -0.2) is 17.9 Å². The molecule has 146 valence electrons. The zero-order valence-electron chi connectivity index (χ0n) is 15.9. The number of aliphatic carboxylic acids is 1. The number of anilines is 2. The first-order valence-corrected chi connectivity index (χ1v) is 9.27. The van der Waals surface area contributed by atoms with Crippen LogP contribution >= 0.6 is 23.2 Å². The third-order valence-corrected chi connectivity index (χ3v) is 4.76. The van der Waals surface area contributed by atoms with Gasteiger partial charge in [-0.1, -0.05) is 35.3 Å². The number of carboxylic acid groups (broad SMARTS) is 1. The van der Waals surface area contributed by atoms with Gasteiger partial charge in [-0.15, -0.1) is 0 Å². The molecule has 0 aromatic heterocycles. The quantitative estimate of drug-likeness (QED) is 0.401. The molecule has 0 fully saturated rings. The minimum atomic E-state index is -1.29. The number of amides is 1. The van der Waals surface area contributed by atoms with E-state index in [0.717, 1.165) is 5.56 Å². The fourth-order valence-corrected chi connectivity index (χ4v) is 3.61. The Labute approximate surface area is 205 Å². The predicted molar refractivity (Wildman–Crippen MR) is 111 cm³/mol. The second kappa shape index (κ2) is 10.7. The molecule has 1 aliphatic rings. The van der Waals surface area contributed by atoms with Crippen LogP contribution in [0.2, 0.25) is 10.0 Å². The Bertz CT molecular complexity index is 1080. The largest absolute Gasteiger partial charge is 1.00 e. The Hall–Kier alpha value is -2.27. The Kier molecular flexibility index (Phi) is 8.54. The molecular weight excluding hydrogens is 436 g/mol. The van der Waals surface area contributed by atoms with Gasteiger partial charge in [0.25, 0.3) is 0 Å². The number of nitrogens with one attached hydrogen (secondary N) is 2. The van der Waals surface area contributed by atoms with Crippen molar-refractivity contribution in [3.05, 3.63) is 69.7 Å². The zero-order valence-corrected chi connectivity index (χ0v) is 19.4. The van der Waals surface area contributed by atoms with Crippen LogP contribution in [0.1, 0.15) is 17.5 Å². The number of nitrogens with zero attached hydrogens (tertiary/aromatic N) is 1. The first kappa shape index (κ1) is 24.0. The maximum atomic E-state index is 12.5. The third kappa shape index (κ3) is 5.88. The number of fused-ring (bicyclic) bond motifs is 1. The molecule has 2 N–H and O–H groups in total. The summed E-state index contributed by atoms with van der Waals surface area (Å²) in [7, 11) is 0. The number of allylic oxidation sites excluding steroid dienone is 1. The van der Waals surface area contributed by atoms with E-state index < -0.39 is 17.9 Å². The minimum Gasteiger partial charge on any atom is -0.548 e. The Morgan fingerprint density at radius 1 is 1.23 bits per heavy atom. The minimum absolute atomic E-state index is 0. The molecule has 0 saturated heterocycles. The molecule has 1 heterocycles. The molecule has 9 heteroatoms. The van der Waals surface area contributed by atoms with Crippen LogP contribution in [0.5, 0.6) is 0 Å². The van der Waals surface area contributed by atoms with Gasteiger partial charge in [-0.3, -0.25) is 4.79 Å². The molecule has 0 spiro atoms. The zero-order chi connectivity index (χ0) is 21.0. The molecule has 3 rings (SSSR count). The Morgan fingerprint density at radius 2 is 1.93 bits per heavy atom. The molecule has 6 nitrogen and oxygen atoms in total. The van der Waals surface area contributed by atoms with Crippen molar-refractivity contribution >= 4 is 58.1 Å². The van der Waals surface area contributed by atoms with Gasteiger partial charge in [0.15, 0.2) is 0 Å². The Morgan fingerprint density at radius 3 is 2.57 bits per heavy atom. The van der Waals surface area contributed by atoms with Crippen LogP contribution < -0.4 is 45.3 Å². The first-order chi connectivity index (χ1) is 13.9. The van der Waals surface area contributed by atoms with Crippen molar-refractivity contribution < 1.29 is 44.3 Å². The number of carbonyl (C=O) groups is 2. The molecular formula is C21H14Cl2N3NaO3. The van der Waals surface area contributed by atoms with Crippen molar-refractivity contribution in [2.45, 2.75) is 12.5 Å². The fourth-order valence-electron chi connectivity index (χ4n) is 3.00. The number of hydrogen-bond acceptors (Lipinski definition) is 5. The van der Waals surface area contributed by atoms with E-state index in [1.54, 1.807) is 36.4 Å². The number of halogens is 2. The maximum absolute atomic E-state index is 12.5. The molecule has 1 atom stereocenters. The monoisotopic (exact) mass is 449 g/mol. The number of carboxylic acids is 1. The van der Waals surface area contributed by atoms with Crippen molar-refractivity contribution in [1.82, 2.24) is 0 Å². The maximum Gasteiger partial charge on any atom is 1.00 e. The SMILES string of the molecule is N#C/C=C/c1ccc(NC(=O)/C=C2\CC(C(=O)[O-])Nc3cc(Cl)cc(Cl)c32)cc1.[Na+]. The summed E-state index contributed by atoms with van der Waals surface area (Å²) in [6, 6.07) is 10.9. The van der Waals surface area contributed by atoms with E-state index in [1.807, 2.05) is 6.07 Å². The van der Waals surface area contributed by atoms with Crippen LogP contribution in [0.15, 0.2) is 48.6 Å². The van der Waals surface area contributed by atoms with Crippen LogP contribution in [0.3, 0.4) is 0 Å². The van der Waals surface area contributed by atoms with E-state index in [4.69, 9.17) is 28.5 Å². The third-order valence-electron chi connectivity index (χ3n) is 4.25. The van der Waals surface area contributed by atoms with E-state index >= 15 is 0 Å². The summed E-state index contributed by atoms with van der Waals surface area (Å²) in [5.74, 6) is -1.73. The molecule has 0 radical (unpaired) electrons. The summed E-state index contributed by atoms with van der Waals surface area (Å²) in [5.41, 5.74) is 2.78. The van der Waals surface area contributed by atoms with Crippen LogP contribution in [0.25, 0.3) is 11.6 Å².